The Morgan fingerprint density at radius 3 is 2.44 bits per heavy atom. The number of hydrogen-bond donors (Lipinski definition) is 1. The van der Waals surface area contributed by atoms with Gasteiger partial charge < -0.3 is 9.84 Å². The van der Waals surface area contributed by atoms with Crippen molar-refractivity contribution in [2.75, 3.05) is 0 Å². The van der Waals surface area contributed by atoms with Gasteiger partial charge in [-0.3, -0.25) is 4.79 Å². The monoisotopic (exact) mass is 370 g/mol. The smallest absolute Gasteiger partial charge is 0.324 e. The Hall–Kier alpha value is -2.24. The van der Waals surface area contributed by atoms with E-state index >= 15 is 0 Å². The molecule has 0 saturated carbocycles. The van der Waals surface area contributed by atoms with Crippen molar-refractivity contribution in [3.05, 3.63) is 66.0 Å². The first-order chi connectivity index (χ1) is 12.2. The maximum Gasteiger partial charge on any atom is 0.324 e. The van der Waals surface area contributed by atoms with Gasteiger partial charge in [0.15, 0.2) is 0 Å². The van der Waals surface area contributed by atoms with Crippen LogP contribution >= 0.6 is 23.1 Å². The van der Waals surface area contributed by atoms with Crippen LogP contribution in [-0.4, -0.2) is 16.3 Å². The Morgan fingerprint density at radius 1 is 1.12 bits per heavy atom. The van der Waals surface area contributed by atoms with Crippen molar-refractivity contribution in [1.82, 2.24) is 0 Å². The van der Waals surface area contributed by atoms with Crippen LogP contribution in [-0.2, 0) is 4.79 Å². The molecule has 0 aliphatic rings. The number of esters is 1. The zero-order chi connectivity index (χ0) is 17.6. The van der Waals surface area contributed by atoms with Crippen LogP contribution in [0.5, 0.6) is 11.5 Å². The number of thiophene rings is 1. The third kappa shape index (κ3) is 4.65. The van der Waals surface area contributed by atoms with Crippen molar-refractivity contribution >= 4 is 29.1 Å². The largest absolute Gasteiger partial charge is 0.508 e. The van der Waals surface area contributed by atoms with E-state index in [-0.39, 0.29) is 17.0 Å². The van der Waals surface area contributed by atoms with Crippen molar-refractivity contribution in [1.29, 1.82) is 0 Å². The van der Waals surface area contributed by atoms with Gasteiger partial charge in [0.05, 0.1) is 0 Å². The van der Waals surface area contributed by atoms with Crippen LogP contribution < -0.4 is 4.74 Å². The van der Waals surface area contributed by atoms with Crippen molar-refractivity contribution < 1.29 is 14.6 Å². The number of ether oxygens (including phenoxy) is 1. The van der Waals surface area contributed by atoms with Crippen LogP contribution in [0.1, 0.15) is 13.3 Å². The molecule has 0 radical (unpaired) electrons. The van der Waals surface area contributed by atoms with Gasteiger partial charge in [-0.2, -0.15) is 0 Å². The van der Waals surface area contributed by atoms with Gasteiger partial charge in [0.25, 0.3) is 0 Å². The second-order valence-corrected chi connectivity index (χ2v) is 7.66. The number of carbonyl (C=O) groups excluding carboxylic acids is 1. The van der Waals surface area contributed by atoms with E-state index in [4.69, 9.17) is 4.74 Å². The fourth-order valence-electron chi connectivity index (χ4n) is 2.30. The van der Waals surface area contributed by atoms with Crippen molar-refractivity contribution in [2.45, 2.75) is 23.5 Å². The Balaban J connectivity index is 1.64. The van der Waals surface area contributed by atoms with Crippen LogP contribution in [0.2, 0.25) is 0 Å². The lowest BCUT2D eigenvalue weighted by Crippen LogP contribution is -2.22. The highest BCUT2D eigenvalue weighted by molar-refractivity contribution is 8.00. The summed E-state index contributed by atoms with van der Waals surface area (Å²) in [5.74, 6) is 0.505. The molecule has 1 N–H and O–H groups in total. The minimum Gasteiger partial charge on any atom is -0.508 e. The first-order valence-corrected chi connectivity index (χ1v) is 9.73. The summed E-state index contributed by atoms with van der Waals surface area (Å²) in [5.41, 5.74) is 1.11. The number of phenolic OH excluding ortho intramolecular Hbond substituents is 1. The topological polar surface area (TPSA) is 46.5 Å². The Bertz CT molecular complexity index is 809. The third-order valence-electron chi connectivity index (χ3n) is 3.63. The van der Waals surface area contributed by atoms with Crippen LogP contribution in [0, 0.1) is 0 Å². The lowest BCUT2D eigenvalue weighted by molar-refractivity contribution is -0.133. The van der Waals surface area contributed by atoms with Gasteiger partial charge in [-0.05, 0) is 72.0 Å². The van der Waals surface area contributed by atoms with Crippen molar-refractivity contribution in [3.63, 3.8) is 0 Å². The van der Waals surface area contributed by atoms with Gasteiger partial charge in [-0.25, -0.2) is 0 Å². The Labute approximate surface area is 155 Å². The van der Waals surface area contributed by atoms with E-state index in [1.54, 1.807) is 35.6 Å². The number of thioether (sulfide) groups is 1. The molecule has 0 aliphatic carbocycles. The number of rotatable bonds is 6. The average Bonchev–Trinajstić information content (AvgIpc) is 3.16. The summed E-state index contributed by atoms with van der Waals surface area (Å²) in [6.45, 7) is 1.96. The zero-order valence-electron chi connectivity index (χ0n) is 13.7. The minimum atomic E-state index is -0.290. The van der Waals surface area contributed by atoms with E-state index in [9.17, 15) is 9.90 Å². The van der Waals surface area contributed by atoms with Gasteiger partial charge in [-0.1, -0.05) is 13.0 Å². The number of benzene rings is 2. The molecule has 0 aliphatic heterocycles. The van der Waals surface area contributed by atoms with Gasteiger partial charge >= 0.3 is 5.97 Å². The van der Waals surface area contributed by atoms with Crippen LogP contribution in [0.25, 0.3) is 10.4 Å². The first kappa shape index (κ1) is 17.6. The molecule has 0 amide bonds. The Kier molecular flexibility index (Phi) is 5.79. The van der Waals surface area contributed by atoms with Crippen molar-refractivity contribution in [3.8, 4) is 21.9 Å². The normalized spacial score (nSPS) is 11.9. The fourth-order valence-corrected chi connectivity index (χ4v) is 3.96. The standard InChI is InChI=1S/C20H18O3S2/c1-2-18(25-17-11-7-15(21)8-12-17)20(22)23-16-9-5-14(6-10-16)19-4-3-13-24-19/h3-13,18,21H,2H2,1H3. The van der Waals surface area contributed by atoms with Crippen LogP contribution in [0.4, 0.5) is 0 Å². The third-order valence-corrected chi connectivity index (χ3v) is 5.90. The predicted octanol–water partition coefficient (Wildman–Crippen LogP) is 5.60. The summed E-state index contributed by atoms with van der Waals surface area (Å²) in [7, 11) is 0. The number of phenols is 1. The molecule has 3 rings (SSSR count). The second-order valence-electron chi connectivity index (χ2n) is 5.43. The molecule has 3 aromatic rings. The molecule has 1 heterocycles. The molecule has 1 atom stereocenters. The van der Waals surface area contributed by atoms with Gasteiger partial charge in [-0.15, -0.1) is 23.1 Å². The molecule has 128 valence electrons. The lowest BCUT2D eigenvalue weighted by atomic mass is 10.2. The molecule has 2 aromatic carbocycles. The van der Waals surface area contributed by atoms with Crippen LogP contribution in [0.15, 0.2) is 70.9 Å². The molecular weight excluding hydrogens is 352 g/mol. The summed E-state index contributed by atoms with van der Waals surface area (Å²) in [6, 6.07) is 18.5. The first-order valence-electron chi connectivity index (χ1n) is 7.97. The predicted molar refractivity (Wildman–Crippen MR) is 103 cm³/mol. The van der Waals surface area contributed by atoms with E-state index in [0.717, 1.165) is 10.5 Å². The maximum atomic E-state index is 12.4. The van der Waals surface area contributed by atoms with E-state index in [1.165, 1.54) is 16.6 Å². The molecule has 25 heavy (non-hydrogen) atoms. The fraction of sp³-hybridized carbons (Fsp3) is 0.150. The summed E-state index contributed by atoms with van der Waals surface area (Å²) in [4.78, 5) is 14.6. The summed E-state index contributed by atoms with van der Waals surface area (Å²) in [5, 5.41) is 11.1. The number of hydrogen-bond acceptors (Lipinski definition) is 5. The molecule has 1 aromatic heterocycles. The molecule has 0 fully saturated rings. The highest BCUT2D eigenvalue weighted by Crippen LogP contribution is 2.29. The van der Waals surface area contributed by atoms with E-state index < -0.39 is 0 Å². The SMILES string of the molecule is CCC(Sc1ccc(O)cc1)C(=O)Oc1ccc(-c2cccs2)cc1. The zero-order valence-corrected chi connectivity index (χ0v) is 15.3. The molecule has 0 bridgehead atoms. The average molecular weight is 370 g/mol. The molecule has 0 spiro atoms. The second kappa shape index (κ2) is 8.23. The highest BCUT2D eigenvalue weighted by atomic mass is 32.2. The molecule has 3 nitrogen and oxygen atoms in total. The Morgan fingerprint density at radius 2 is 1.84 bits per heavy atom. The van der Waals surface area contributed by atoms with E-state index in [0.29, 0.717) is 12.2 Å². The summed E-state index contributed by atoms with van der Waals surface area (Å²) in [6.07, 6.45) is 0.664. The minimum absolute atomic E-state index is 0.214. The summed E-state index contributed by atoms with van der Waals surface area (Å²) >= 11 is 3.12. The molecular formula is C20H18O3S2. The lowest BCUT2D eigenvalue weighted by Gasteiger charge is -2.14. The quantitative estimate of drug-likeness (QED) is 0.349. The van der Waals surface area contributed by atoms with E-state index in [1.807, 2.05) is 42.6 Å². The number of aromatic hydroxyl groups is 1. The van der Waals surface area contributed by atoms with Gasteiger partial charge in [0.2, 0.25) is 0 Å². The van der Waals surface area contributed by atoms with Crippen molar-refractivity contribution in [2.24, 2.45) is 0 Å². The summed E-state index contributed by atoms with van der Waals surface area (Å²) < 4.78 is 5.53. The molecule has 5 heteroatoms. The molecule has 0 saturated heterocycles. The van der Waals surface area contributed by atoms with Gasteiger partial charge in [0.1, 0.15) is 16.7 Å². The number of carbonyl (C=O) groups is 1. The molecule has 1 unspecified atom stereocenters. The van der Waals surface area contributed by atoms with Crippen LogP contribution in [0.3, 0.4) is 0 Å². The maximum absolute atomic E-state index is 12.4. The highest BCUT2D eigenvalue weighted by Gasteiger charge is 2.20. The van der Waals surface area contributed by atoms with Gasteiger partial charge in [0, 0.05) is 9.77 Å². The van der Waals surface area contributed by atoms with E-state index in [2.05, 4.69) is 6.07 Å².